The molecule has 1 saturated heterocycles. The van der Waals surface area contributed by atoms with E-state index in [0.29, 0.717) is 35.7 Å². The number of hydrogen-bond donors (Lipinski definition) is 1. The second-order valence-electron chi connectivity index (χ2n) is 5.83. The summed E-state index contributed by atoms with van der Waals surface area (Å²) in [5.41, 5.74) is 1.57. The van der Waals surface area contributed by atoms with Crippen LogP contribution in [0, 0.1) is 5.82 Å². The number of benzene rings is 1. The van der Waals surface area contributed by atoms with Gasteiger partial charge in [-0.05, 0) is 6.07 Å². The first-order valence-corrected chi connectivity index (χ1v) is 8.13. The minimum absolute atomic E-state index is 0.117. The lowest BCUT2D eigenvalue weighted by molar-refractivity contribution is -0.0330. The number of amides is 1. The molecule has 1 aliphatic rings. The van der Waals surface area contributed by atoms with E-state index in [2.05, 4.69) is 19.9 Å². The third kappa shape index (κ3) is 3.33. The average Bonchev–Trinajstić information content (AvgIpc) is 3.11. The summed E-state index contributed by atoms with van der Waals surface area (Å²) in [7, 11) is 0. The van der Waals surface area contributed by atoms with E-state index >= 15 is 0 Å². The van der Waals surface area contributed by atoms with Gasteiger partial charge in [0.1, 0.15) is 36.2 Å². The van der Waals surface area contributed by atoms with Crippen LogP contribution in [-0.2, 0) is 16.1 Å². The van der Waals surface area contributed by atoms with Crippen molar-refractivity contribution >= 4 is 17.3 Å². The van der Waals surface area contributed by atoms with Crippen LogP contribution in [0.1, 0.15) is 17.5 Å². The molecule has 26 heavy (non-hydrogen) atoms. The van der Waals surface area contributed by atoms with Crippen LogP contribution >= 0.6 is 0 Å². The summed E-state index contributed by atoms with van der Waals surface area (Å²) >= 11 is 0. The van der Waals surface area contributed by atoms with Gasteiger partial charge in [0.05, 0.1) is 19.3 Å². The zero-order valence-corrected chi connectivity index (χ0v) is 13.8. The molecule has 8 nitrogen and oxygen atoms in total. The van der Waals surface area contributed by atoms with Gasteiger partial charge in [0.2, 0.25) is 0 Å². The van der Waals surface area contributed by atoms with E-state index in [1.807, 2.05) is 0 Å². The summed E-state index contributed by atoms with van der Waals surface area (Å²) in [4.78, 5) is 29.3. The van der Waals surface area contributed by atoms with Crippen molar-refractivity contribution in [2.75, 3.05) is 19.7 Å². The summed E-state index contributed by atoms with van der Waals surface area (Å²) in [6.07, 6.45) is 2.11. The Morgan fingerprint density at radius 2 is 2.31 bits per heavy atom. The fourth-order valence-corrected chi connectivity index (χ4v) is 2.76. The average molecular weight is 357 g/mol. The summed E-state index contributed by atoms with van der Waals surface area (Å²) in [6.45, 7) is 0.909. The number of fused-ring (bicyclic) bond motifs is 1. The van der Waals surface area contributed by atoms with Gasteiger partial charge in [-0.25, -0.2) is 24.1 Å². The highest BCUT2D eigenvalue weighted by atomic mass is 19.1. The summed E-state index contributed by atoms with van der Waals surface area (Å²) in [6, 6.07) is 6.20. The molecule has 3 heterocycles. The van der Waals surface area contributed by atoms with E-state index in [9.17, 15) is 9.18 Å². The highest BCUT2D eigenvalue weighted by Crippen LogP contribution is 2.22. The number of carbonyl (C=O) groups is 1. The Kier molecular flexibility index (Phi) is 4.44. The smallest absolute Gasteiger partial charge is 0.410 e. The molecule has 0 bridgehead atoms. The second-order valence-corrected chi connectivity index (χ2v) is 5.83. The van der Waals surface area contributed by atoms with Crippen molar-refractivity contribution in [2.45, 2.75) is 12.7 Å². The topological polar surface area (TPSA) is 93.2 Å². The van der Waals surface area contributed by atoms with Crippen molar-refractivity contribution in [2.24, 2.45) is 0 Å². The van der Waals surface area contributed by atoms with E-state index < -0.39 is 18.0 Å². The van der Waals surface area contributed by atoms with Gasteiger partial charge in [0.25, 0.3) is 0 Å². The highest BCUT2D eigenvalue weighted by Gasteiger charge is 2.28. The molecule has 3 aromatic rings. The van der Waals surface area contributed by atoms with E-state index in [4.69, 9.17) is 9.47 Å². The zero-order valence-electron chi connectivity index (χ0n) is 13.8. The van der Waals surface area contributed by atoms with Gasteiger partial charge in [-0.2, -0.15) is 0 Å². The molecule has 0 aliphatic carbocycles. The van der Waals surface area contributed by atoms with E-state index in [1.165, 1.54) is 17.3 Å². The van der Waals surface area contributed by atoms with Crippen molar-refractivity contribution in [1.29, 1.82) is 0 Å². The fraction of sp³-hybridized carbons (Fsp3) is 0.294. The largest absolute Gasteiger partial charge is 0.444 e. The molecule has 1 atom stereocenters. The van der Waals surface area contributed by atoms with Gasteiger partial charge >= 0.3 is 6.09 Å². The maximum absolute atomic E-state index is 13.6. The monoisotopic (exact) mass is 357 g/mol. The Bertz CT molecular complexity index is 898. The van der Waals surface area contributed by atoms with Crippen LogP contribution in [-0.4, -0.2) is 50.6 Å². The van der Waals surface area contributed by atoms with Gasteiger partial charge in [-0.15, -0.1) is 0 Å². The Morgan fingerprint density at radius 3 is 3.15 bits per heavy atom. The predicted octanol–water partition coefficient (Wildman–Crippen LogP) is 2.20. The molecule has 134 valence electrons. The molecule has 0 saturated carbocycles. The standard InChI is InChI=1S/C17H16FN5O3/c18-12-4-2-1-3-11(12)9-26-17(24)23-5-6-25-14(8-23)16-21-13-7-19-10-20-15(13)22-16/h1-4,7,10,14H,5-6,8-9H2,(H,19,20,21,22). The first kappa shape index (κ1) is 16.4. The molecule has 1 fully saturated rings. The molecule has 1 N–H and O–H groups in total. The first-order valence-electron chi connectivity index (χ1n) is 8.13. The molecule has 1 unspecified atom stereocenters. The van der Waals surface area contributed by atoms with Crippen LogP contribution < -0.4 is 0 Å². The Labute approximate surface area is 148 Å². The minimum atomic E-state index is -0.516. The Balaban J connectivity index is 1.41. The number of aromatic amines is 1. The second kappa shape index (κ2) is 7.04. The lowest BCUT2D eigenvalue weighted by Gasteiger charge is -2.31. The maximum atomic E-state index is 13.6. The zero-order chi connectivity index (χ0) is 17.9. The third-order valence-electron chi connectivity index (χ3n) is 4.12. The first-order chi connectivity index (χ1) is 12.7. The van der Waals surface area contributed by atoms with Gasteiger partial charge < -0.3 is 19.4 Å². The van der Waals surface area contributed by atoms with Gasteiger partial charge in [0, 0.05) is 12.1 Å². The van der Waals surface area contributed by atoms with E-state index in [-0.39, 0.29) is 13.2 Å². The van der Waals surface area contributed by atoms with Crippen LogP contribution in [0.25, 0.3) is 11.2 Å². The summed E-state index contributed by atoms with van der Waals surface area (Å²) in [5, 5.41) is 0. The quantitative estimate of drug-likeness (QED) is 0.772. The molecule has 1 aliphatic heterocycles. The number of aromatic nitrogens is 4. The molecule has 4 rings (SSSR count). The summed E-state index contributed by atoms with van der Waals surface area (Å²) in [5.74, 6) is 0.177. The molecule has 1 aromatic carbocycles. The number of imidazole rings is 1. The molecular weight excluding hydrogens is 341 g/mol. The molecule has 0 radical (unpaired) electrons. The van der Waals surface area contributed by atoms with Crippen molar-refractivity contribution in [3.05, 3.63) is 54.0 Å². The SMILES string of the molecule is O=C(OCc1ccccc1F)N1CCOC(c2nc3ncncc3[nH]2)C1. The fourth-order valence-electron chi connectivity index (χ4n) is 2.76. The van der Waals surface area contributed by atoms with Crippen LogP contribution in [0.5, 0.6) is 0 Å². The molecule has 2 aromatic heterocycles. The van der Waals surface area contributed by atoms with E-state index in [0.717, 1.165) is 0 Å². The van der Waals surface area contributed by atoms with Gasteiger partial charge in [0.15, 0.2) is 5.65 Å². The van der Waals surface area contributed by atoms with Gasteiger partial charge in [-0.1, -0.05) is 18.2 Å². The van der Waals surface area contributed by atoms with Crippen LogP contribution in [0.4, 0.5) is 9.18 Å². The number of nitrogens with one attached hydrogen (secondary N) is 1. The number of H-pyrrole nitrogens is 1. The number of carbonyl (C=O) groups excluding carboxylic acids is 1. The lowest BCUT2D eigenvalue weighted by Crippen LogP contribution is -2.42. The van der Waals surface area contributed by atoms with Crippen molar-refractivity contribution < 1.29 is 18.7 Å². The molecule has 9 heteroatoms. The normalized spacial score (nSPS) is 17.4. The number of hydrogen-bond acceptors (Lipinski definition) is 6. The van der Waals surface area contributed by atoms with Gasteiger partial charge in [-0.3, -0.25) is 0 Å². The minimum Gasteiger partial charge on any atom is -0.444 e. The van der Waals surface area contributed by atoms with Crippen LogP contribution in [0.3, 0.4) is 0 Å². The number of halogens is 1. The molecule has 0 spiro atoms. The number of morpholine rings is 1. The lowest BCUT2D eigenvalue weighted by atomic mass is 10.2. The van der Waals surface area contributed by atoms with Crippen molar-refractivity contribution in [1.82, 2.24) is 24.8 Å². The number of ether oxygens (including phenoxy) is 2. The molecule has 1 amide bonds. The third-order valence-corrected chi connectivity index (χ3v) is 4.12. The highest BCUT2D eigenvalue weighted by molar-refractivity contribution is 5.69. The maximum Gasteiger partial charge on any atom is 0.410 e. The number of nitrogens with zero attached hydrogens (tertiary/aromatic N) is 4. The van der Waals surface area contributed by atoms with E-state index in [1.54, 1.807) is 24.4 Å². The summed E-state index contributed by atoms with van der Waals surface area (Å²) < 4.78 is 24.6. The van der Waals surface area contributed by atoms with Crippen LogP contribution in [0.15, 0.2) is 36.8 Å². The molecular formula is C17H16FN5O3. The number of rotatable bonds is 3. The van der Waals surface area contributed by atoms with Crippen LogP contribution in [0.2, 0.25) is 0 Å². The Hall–Kier alpha value is -3.07. The van der Waals surface area contributed by atoms with Crippen molar-refractivity contribution in [3.63, 3.8) is 0 Å². The predicted molar refractivity (Wildman–Crippen MR) is 88.5 cm³/mol. The van der Waals surface area contributed by atoms with Crippen molar-refractivity contribution in [3.8, 4) is 0 Å². The Morgan fingerprint density at radius 1 is 1.42 bits per heavy atom.